The van der Waals surface area contributed by atoms with Crippen LogP contribution in [0.4, 0.5) is 0 Å². The molecule has 1 aliphatic rings. The van der Waals surface area contributed by atoms with Crippen LogP contribution in [-0.4, -0.2) is 57.2 Å². The van der Waals surface area contributed by atoms with E-state index in [1.54, 1.807) is 32.5 Å². The van der Waals surface area contributed by atoms with Crippen LogP contribution in [-0.2, 0) is 19.5 Å². The second-order valence-corrected chi connectivity index (χ2v) is 6.36. The predicted molar refractivity (Wildman–Crippen MR) is 69.2 cm³/mol. The zero-order valence-corrected chi connectivity index (χ0v) is 11.8. The number of hydrogen-bond donors (Lipinski definition) is 0. The van der Waals surface area contributed by atoms with Crippen LogP contribution in [0.5, 0.6) is 0 Å². The summed E-state index contributed by atoms with van der Waals surface area (Å²) in [5, 5.41) is 0. The lowest BCUT2D eigenvalue weighted by Crippen LogP contribution is -2.38. The number of rotatable bonds is 5. The summed E-state index contributed by atoms with van der Waals surface area (Å²) in [6, 6.07) is 2.97. The predicted octanol–water partition coefficient (Wildman–Crippen LogP) is 0.506. The van der Waals surface area contributed by atoms with Crippen LogP contribution in [0.25, 0.3) is 0 Å². The van der Waals surface area contributed by atoms with Crippen molar-refractivity contribution in [3.05, 3.63) is 24.5 Å². The summed E-state index contributed by atoms with van der Waals surface area (Å²) in [4.78, 5) is 4.07. The third-order valence-electron chi connectivity index (χ3n) is 3.26. The Hall–Kier alpha value is -1.02. The Kier molecular flexibility index (Phi) is 4.51. The van der Waals surface area contributed by atoms with Gasteiger partial charge in [0, 0.05) is 33.2 Å². The van der Waals surface area contributed by atoms with Crippen molar-refractivity contribution in [2.24, 2.45) is 0 Å². The van der Waals surface area contributed by atoms with E-state index in [0.717, 1.165) is 0 Å². The quantitative estimate of drug-likeness (QED) is 0.788. The van der Waals surface area contributed by atoms with Crippen LogP contribution in [0.15, 0.2) is 29.4 Å². The highest BCUT2D eigenvalue weighted by atomic mass is 32.2. The molecule has 0 saturated carbocycles. The molecule has 0 amide bonds. The molecule has 1 fully saturated rings. The Morgan fingerprint density at radius 1 is 1.47 bits per heavy atom. The smallest absolute Gasteiger partial charge is 0.245 e. The molecule has 0 unspecified atom stereocenters. The van der Waals surface area contributed by atoms with Gasteiger partial charge in [-0.3, -0.25) is 4.98 Å². The van der Waals surface area contributed by atoms with Crippen LogP contribution >= 0.6 is 0 Å². The second kappa shape index (κ2) is 5.96. The van der Waals surface area contributed by atoms with E-state index in [2.05, 4.69) is 4.98 Å². The minimum atomic E-state index is -3.54. The first-order valence-corrected chi connectivity index (χ1v) is 7.47. The van der Waals surface area contributed by atoms with Gasteiger partial charge < -0.3 is 9.47 Å². The van der Waals surface area contributed by atoms with Crippen LogP contribution in [0.1, 0.15) is 6.42 Å². The molecule has 19 heavy (non-hydrogen) atoms. The summed E-state index contributed by atoms with van der Waals surface area (Å²) in [6.45, 7) is 0.709. The molecular weight excluding hydrogens is 268 g/mol. The van der Waals surface area contributed by atoms with Gasteiger partial charge in [0.15, 0.2) is 0 Å². The topological polar surface area (TPSA) is 68.7 Å². The molecule has 0 spiro atoms. The van der Waals surface area contributed by atoms with Crippen molar-refractivity contribution in [3.63, 3.8) is 0 Å². The van der Waals surface area contributed by atoms with Gasteiger partial charge in [-0.2, -0.15) is 4.31 Å². The fourth-order valence-corrected chi connectivity index (χ4v) is 3.91. The van der Waals surface area contributed by atoms with Crippen LogP contribution in [0, 0.1) is 0 Å². The third kappa shape index (κ3) is 2.94. The van der Waals surface area contributed by atoms with E-state index in [4.69, 9.17) is 9.47 Å². The van der Waals surface area contributed by atoms with Gasteiger partial charge in [-0.25, -0.2) is 8.42 Å². The molecule has 0 radical (unpaired) electrons. The molecule has 6 nitrogen and oxygen atoms in total. The number of pyridine rings is 1. The van der Waals surface area contributed by atoms with Gasteiger partial charge in [0.25, 0.3) is 0 Å². The molecule has 2 rings (SSSR count). The number of methoxy groups -OCH3 is 2. The normalized spacial score (nSPS) is 24.7. The van der Waals surface area contributed by atoms with Gasteiger partial charge >= 0.3 is 0 Å². The standard InChI is InChI=1S/C12H18N2O4S/c1-17-9-10-6-11(18-2)8-14(10)19(15,16)12-4-3-5-13-7-12/h3-5,7,10-11H,6,8-9H2,1-2H3/t10-,11+/m0/s1. The lowest BCUT2D eigenvalue weighted by molar-refractivity contribution is 0.110. The maximum atomic E-state index is 12.6. The number of sulfonamides is 1. The largest absolute Gasteiger partial charge is 0.383 e. The maximum absolute atomic E-state index is 12.6. The summed E-state index contributed by atoms with van der Waals surface area (Å²) < 4.78 is 36.9. The minimum Gasteiger partial charge on any atom is -0.383 e. The molecule has 1 saturated heterocycles. The van der Waals surface area contributed by atoms with E-state index in [1.807, 2.05) is 0 Å². The summed E-state index contributed by atoms with van der Waals surface area (Å²) in [5.41, 5.74) is 0. The Morgan fingerprint density at radius 2 is 2.26 bits per heavy atom. The average molecular weight is 286 g/mol. The average Bonchev–Trinajstić information content (AvgIpc) is 2.84. The fraction of sp³-hybridized carbons (Fsp3) is 0.583. The zero-order chi connectivity index (χ0) is 13.9. The number of hydrogen-bond acceptors (Lipinski definition) is 5. The Bertz CT molecular complexity index is 506. The summed E-state index contributed by atoms with van der Waals surface area (Å²) in [7, 11) is -0.386. The summed E-state index contributed by atoms with van der Waals surface area (Å²) in [5.74, 6) is 0. The Labute approximate surface area is 113 Å². The maximum Gasteiger partial charge on any atom is 0.245 e. The van der Waals surface area contributed by atoms with E-state index in [1.165, 1.54) is 10.5 Å². The molecule has 7 heteroatoms. The van der Waals surface area contributed by atoms with Crippen molar-refractivity contribution in [1.29, 1.82) is 0 Å². The van der Waals surface area contributed by atoms with E-state index >= 15 is 0 Å². The zero-order valence-electron chi connectivity index (χ0n) is 11.0. The minimum absolute atomic E-state index is 0.0911. The number of ether oxygens (including phenoxy) is 2. The molecule has 2 atom stereocenters. The van der Waals surface area contributed by atoms with Crippen molar-refractivity contribution < 1.29 is 17.9 Å². The molecule has 1 aromatic heterocycles. The van der Waals surface area contributed by atoms with Crippen molar-refractivity contribution >= 4 is 10.0 Å². The molecule has 0 N–H and O–H groups in total. The molecule has 1 aliphatic heterocycles. The van der Waals surface area contributed by atoms with E-state index in [0.29, 0.717) is 19.6 Å². The van der Waals surface area contributed by atoms with Crippen molar-refractivity contribution in [2.75, 3.05) is 27.4 Å². The first-order valence-electron chi connectivity index (χ1n) is 6.03. The SMILES string of the molecule is COC[C@@H]1C[C@@H](OC)CN1S(=O)(=O)c1cccnc1. The molecule has 0 aromatic carbocycles. The molecule has 0 bridgehead atoms. The molecule has 106 valence electrons. The second-order valence-electron chi connectivity index (χ2n) is 4.47. The van der Waals surface area contributed by atoms with Crippen molar-refractivity contribution in [1.82, 2.24) is 9.29 Å². The van der Waals surface area contributed by atoms with Gasteiger partial charge in [-0.15, -0.1) is 0 Å². The molecule has 2 heterocycles. The monoisotopic (exact) mass is 286 g/mol. The Balaban J connectivity index is 2.28. The lowest BCUT2D eigenvalue weighted by atomic mass is 10.2. The first kappa shape index (κ1) is 14.4. The van der Waals surface area contributed by atoms with Crippen LogP contribution in [0.2, 0.25) is 0 Å². The van der Waals surface area contributed by atoms with Crippen molar-refractivity contribution in [3.8, 4) is 0 Å². The third-order valence-corrected chi connectivity index (χ3v) is 5.16. The molecule has 0 aliphatic carbocycles. The van der Waals surface area contributed by atoms with E-state index in [-0.39, 0.29) is 17.0 Å². The highest BCUT2D eigenvalue weighted by Crippen LogP contribution is 2.27. The van der Waals surface area contributed by atoms with Gasteiger partial charge in [-0.1, -0.05) is 0 Å². The lowest BCUT2D eigenvalue weighted by Gasteiger charge is -2.22. The first-order chi connectivity index (χ1) is 9.09. The van der Waals surface area contributed by atoms with Crippen LogP contribution < -0.4 is 0 Å². The highest BCUT2D eigenvalue weighted by Gasteiger charge is 2.40. The van der Waals surface area contributed by atoms with E-state index < -0.39 is 10.0 Å². The van der Waals surface area contributed by atoms with Gasteiger partial charge in [0.2, 0.25) is 10.0 Å². The van der Waals surface area contributed by atoms with Gasteiger partial charge in [0.1, 0.15) is 4.90 Å². The number of aromatic nitrogens is 1. The number of nitrogens with zero attached hydrogens (tertiary/aromatic N) is 2. The van der Waals surface area contributed by atoms with Crippen LogP contribution in [0.3, 0.4) is 0 Å². The molecule has 1 aromatic rings. The summed E-state index contributed by atoms with van der Waals surface area (Å²) in [6.07, 6.45) is 3.46. The van der Waals surface area contributed by atoms with Crippen molar-refractivity contribution in [2.45, 2.75) is 23.5 Å². The van der Waals surface area contributed by atoms with Gasteiger partial charge in [0.05, 0.1) is 18.8 Å². The molecular formula is C12H18N2O4S. The highest BCUT2D eigenvalue weighted by molar-refractivity contribution is 7.89. The summed E-state index contributed by atoms with van der Waals surface area (Å²) >= 11 is 0. The van der Waals surface area contributed by atoms with E-state index in [9.17, 15) is 8.42 Å². The fourth-order valence-electron chi connectivity index (χ4n) is 2.29. The Morgan fingerprint density at radius 3 is 2.84 bits per heavy atom. The van der Waals surface area contributed by atoms with Gasteiger partial charge in [-0.05, 0) is 18.6 Å².